The smallest absolute Gasteiger partial charge is 0.216 e. The van der Waals surface area contributed by atoms with Crippen molar-refractivity contribution in [1.82, 2.24) is 9.88 Å². The minimum absolute atomic E-state index is 0.531. The minimum atomic E-state index is 0.531. The quantitative estimate of drug-likeness (QED) is 0.803. The molecule has 0 bridgehead atoms. The van der Waals surface area contributed by atoms with Gasteiger partial charge in [-0.15, -0.1) is 0 Å². The van der Waals surface area contributed by atoms with Crippen LogP contribution in [0.15, 0.2) is 12.3 Å². The highest BCUT2D eigenvalue weighted by Gasteiger charge is 2.22. The van der Waals surface area contributed by atoms with Crippen molar-refractivity contribution in [3.05, 3.63) is 17.8 Å². The molecule has 4 nitrogen and oxygen atoms in total. The Morgan fingerprint density at radius 1 is 1.24 bits per heavy atom. The molecule has 1 saturated heterocycles. The Hall–Kier alpha value is -1.29. The molecule has 1 aliphatic rings. The zero-order valence-corrected chi connectivity index (χ0v) is 10.8. The first kappa shape index (κ1) is 12.2. The summed E-state index contributed by atoms with van der Waals surface area (Å²) in [5.74, 6) is 2.07. The van der Waals surface area contributed by atoms with E-state index in [0.717, 1.165) is 37.6 Å². The van der Waals surface area contributed by atoms with Gasteiger partial charge in [0.1, 0.15) is 5.75 Å². The maximum absolute atomic E-state index is 5.34. The first-order valence-electron chi connectivity index (χ1n) is 6.01. The van der Waals surface area contributed by atoms with Gasteiger partial charge in [-0.2, -0.15) is 0 Å². The Balaban J connectivity index is 2.23. The third kappa shape index (κ3) is 2.69. The first-order chi connectivity index (χ1) is 8.24. The van der Waals surface area contributed by atoms with E-state index in [1.807, 2.05) is 0 Å². The van der Waals surface area contributed by atoms with Crippen molar-refractivity contribution in [2.24, 2.45) is 0 Å². The average molecular weight is 236 g/mol. The van der Waals surface area contributed by atoms with Crippen LogP contribution < -0.4 is 9.47 Å². The minimum Gasteiger partial charge on any atom is -0.495 e. The van der Waals surface area contributed by atoms with Crippen LogP contribution in [0.1, 0.15) is 24.3 Å². The molecule has 0 N–H and O–H groups in total. The van der Waals surface area contributed by atoms with E-state index in [-0.39, 0.29) is 0 Å². The Kier molecular flexibility index (Phi) is 3.84. The molecule has 0 amide bonds. The van der Waals surface area contributed by atoms with E-state index in [1.54, 1.807) is 20.4 Å². The van der Waals surface area contributed by atoms with Crippen LogP contribution in [-0.2, 0) is 0 Å². The SMILES string of the molecule is COc1cnc(OC)c(C2CCN(C)CC2)c1. The van der Waals surface area contributed by atoms with Gasteiger partial charge in [0.15, 0.2) is 0 Å². The van der Waals surface area contributed by atoms with Gasteiger partial charge in [-0.25, -0.2) is 4.98 Å². The average Bonchev–Trinajstić information content (AvgIpc) is 2.39. The van der Waals surface area contributed by atoms with Gasteiger partial charge in [0.25, 0.3) is 0 Å². The lowest BCUT2D eigenvalue weighted by Crippen LogP contribution is -2.29. The molecule has 0 radical (unpaired) electrons. The molecule has 4 heteroatoms. The van der Waals surface area contributed by atoms with Gasteiger partial charge in [-0.3, -0.25) is 0 Å². The predicted molar refractivity (Wildman–Crippen MR) is 66.8 cm³/mol. The Morgan fingerprint density at radius 2 is 1.94 bits per heavy atom. The second-order valence-corrected chi connectivity index (χ2v) is 4.55. The Labute approximate surface area is 103 Å². The summed E-state index contributed by atoms with van der Waals surface area (Å²) >= 11 is 0. The summed E-state index contributed by atoms with van der Waals surface area (Å²) in [7, 11) is 5.51. The van der Waals surface area contributed by atoms with Crippen LogP contribution >= 0.6 is 0 Å². The van der Waals surface area contributed by atoms with Crippen molar-refractivity contribution >= 4 is 0 Å². The van der Waals surface area contributed by atoms with E-state index in [1.165, 1.54) is 5.56 Å². The summed E-state index contributed by atoms with van der Waals surface area (Å²) in [6.45, 7) is 2.26. The number of hydrogen-bond donors (Lipinski definition) is 0. The lowest BCUT2D eigenvalue weighted by atomic mass is 9.90. The van der Waals surface area contributed by atoms with E-state index in [0.29, 0.717) is 5.92 Å². The van der Waals surface area contributed by atoms with Crippen molar-refractivity contribution in [3.8, 4) is 11.6 Å². The topological polar surface area (TPSA) is 34.6 Å². The number of rotatable bonds is 3. The number of pyridine rings is 1. The van der Waals surface area contributed by atoms with Gasteiger partial charge in [0.2, 0.25) is 5.88 Å². The van der Waals surface area contributed by atoms with Gasteiger partial charge >= 0.3 is 0 Å². The maximum atomic E-state index is 5.34. The summed E-state index contributed by atoms with van der Waals surface area (Å²) in [4.78, 5) is 6.66. The summed E-state index contributed by atoms with van der Waals surface area (Å²) in [6.07, 6.45) is 4.01. The molecule has 0 aromatic carbocycles. The van der Waals surface area contributed by atoms with Gasteiger partial charge < -0.3 is 14.4 Å². The van der Waals surface area contributed by atoms with E-state index in [2.05, 4.69) is 23.0 Å². The standard InChI is InChI=1S/C13H20N2O2/c1-15-6-4-10(5-7-15)12-8-11(16-2)9-14-13(12)17-3/h8-10H,4-7H2,1-3H3. The van der Waals surface area contributed by atoms with Crippen LogP contribution in [0.5, 0.6) is 11.6 Å². The fourth-order valence-corrected chi connectivity index (χ4v) is 2.34. The van der Waals surface area contributed by atoms with Gasteiger partial charge in [0, 0.05) is 5.56 Å². The molecule has 17 heavy (non-hydrogen) atoms. The largest absolute Gasteiger partial charge is 0.495 e. The van der Waals surface area contributed by atoms with Gasteiger partial charge in [-0.1, -0.05) is 0 Å². The Bertz CT molecular complexity index is 374. The van der Waals surface area contributed by atoms with Crippen LogP contribution in [0, 0.1) is 0 Å². The molecule has 94 valence electrons. The molecular formula is C13H20N2O2. The third-order valence-electron chi connectivity index (χ3n) is 3.44. The number of piperidine rings is 1. The highest BCUT2D eigenvalue weighted by atomic mass is 16.5. The number of likely N-dealkylation sites (tertiary alicyclic amines) is 1. The fraction of sp³-hybridized carbons (Fsp3) is 0.615. The van der Waals surface area contributed by atoms with E-state index >= 15 is 0 Å². The molecule has 2 rings (SSSR count). The molecule has 0 atom stereocenters. The van der Waals surface area contributed by atoms with E-state index in [9.17, 15) is 0 Å². The maximum Gasteiger partial charge on any atom is 0.216 e. The molecule has 0 saturated carbocycles. The first-order valence-corrected chi connectivity index (χ1v) is 6.01. The Morgan fingerprint density at radius 3 is 2.53 bits per heavy atom. The second kappa shape index (κ2) is 5.36. The van der Waals surface area contributed by atoms with Crippen molar-refractivity contribution in [1.29, 1.82) is 0 Å². The second-order valence-electron chi connectivity index (χ2n) is 4.55. The molecule has 1 fully saturated rings. The number of nitrogens with zero attached hydrogens (tertiary/aromatic N) is 2. The van der Waals surface area contributed by atoms with E-state index in [4.69, 9.17) is 9.47 Å². The molecule has 0 spiro atoms. The monoisotopic (exact) mass is 236 g/mol. The van der Waals surface area contributed by atoms with Crippen molar-refractivity contribution in [3.63, 3.8) is 0 Å². The van der Waals surface area contributed by atoms with Crippen LogP contribution in [0.4, 0.5) is 0 Å². The molecular weight excluding hydrogens is 216 g/mol. The van der Waals surface area contributed by atoms with Crippen molar-refractivity contribution < 1.29 is 9.47 Å². The highest BCUT2D eigenvalue weighted by Crippen LogP contribution is 2.34. The van der Waals surface area contributed by atoms with Crippen LogP contribution in [0.2, 0.25) is 0 Å². The van der Waals surface area contributed by atoms with Gasteiger partial charge in [-0.05, 0) is 45.0 Å². The molecule has 1 aliphatic heterocycles. The van der Waals surface area contributed by atoms with Gasteiger partial charge in [0.05, 0.1) is 20.4 Å². The van der Waals surface area contributed by atoms with Crippen molar-refractivity contribution in [2.75, 3.05) is 34.4 Å². The molecule has 0 aliphatic carbocycles. The normalized spacial score (nSPS) is 18.1. The highest BCUT2D eigenvalue weighted by molar-refractivity contribution is 5.36. The predicted octanol–water partition coefficient (Wildman–Crippen LogP) is 1.91. The third-order valence-corrected chi connectivity index (χ3v) is 3.44. The lowest BCUT2D eigenvalue weighted by molar-refractivity contribution is 0.251. The van der Waals surface area contributed by atoms with Crippen molar-refractivity contribution in [2.45, 2.75) is 18.8 Å². The summed E-state index contributed by atoms with van der Waals surface area (Å²) < 4.78 is 10.6. The van der Waals surface area contributed by atoms with Crippen LogP contribution in [0.3, 0.4) is 0 Å². The summed E-state index contributed by atoms with van der Waals surface area (Å²) in [5, 5.41) is 0. The lowest BCUT2D eigenvalue weighted by Gasteiger charge is -2.29. The number of ether oxygens (including phenoxy) is 2. The zero-order chi connectivity index (χ0) is 12.3. The molecule has 0 unspecified atom stereocenters. The zero-order valence-electron chi connectivity index (χ0n) is 10.8. The molecule has 2 heterocycles. The van der Waals surface area contributed by atoms with E-state index < -0.39 is 0 Å². The number of aromatic nitrogens is 1. The summed E-state index contributed by atoms with van der Waals surface area (Å²) in [6, 6.07) is 2.06. The number of hydrogen-bond acceptors (Lipinski definition) is 4. The fourth-order valence-electron chi connectivity index (χ4n) is 2.34. The summed E-state index contributed by atoms with van der Waals surface area (Å²) in [5.41, 5.74) is 1.18. The van der Waals surface area contributed by atoms with Crippen LogP contribution in [0.25, 0.3) is 0 Å². The van der Waals surface area contributed by atoms with Crippen LogP contribution in [-0.4, -0.2) is 44.2 Å². The molecule has 1 aromatic heterocycles. The number of methoxy groups -OCH3 is 2. The molecule has 1 aromatic rings.